The number of urea groups is 1. The average molecular weight is 242 g/mol. The summed E-state index contributed by atoms with van der Waals surface area (Å²) in [6.45, 7) is 2.78. The molecule has 1 aromatic carbocycles. The van der Waals surface area contributed by atoms with Gasteiger partial charge < -0.3 is 16.0 Å². The number of nitrogens with two attached hydrogens (primary N) is 1. The number of rotatable bonds is 3. The smallest absolute Gasteiger partial charge is 0.317 e. The zero-order chi connectivity index (χ0) is 10.7. The zero-order valence-electron chi connectivity index (χ0n) is 8.98. The van der Waals surface area contributed by atoms with Gasteiger partial charge in [-0.25, -0.2) is 4.79 Å². The average Bonchev–Trinajstić information content (AvgIpc) is 2.66. The molecule has 1 saturated heterocycles. The van der Waals surface area contributed by atoms with Gasteiger partial charge >= 0.3 is 6.03 Å². The molecule has 0 atom stereocenters. The van der Waals surface area contributed by atoms with Crippen molar-refractivity contribution in [2.75, 3.05) is 13.1 Å². The van der Waals surface area contributed by atoms with E-state index >= 15 is 0 Å². The van der Waals surface area contributed by atoms with E-state index < -0.39 is 0 Å². The third-order valence-corrected chi connectivity index (χ3v) is 2.58. The molecule has 2 amide bonds. The zero-order valence-corrected chi connectivity index (χ0v) is 9.80. The largest absolute Gasteiger partial charge is 0.336 e. The van der Waals surface area contributed by atoms with Crippen LogP contribution in [0.25, 0.3) is 0 Å². The molecule has 0 unspecified atom stereocenters. The number of hydrogen-bond acceptors (Lipinski definition) is 2. The van der Waals surface area contributed by atoms with Crippen molar-refractivity contribution in [3.63, 3.8) is 0 Å². The Labute approximate surface area is 101 Å². The van der Waals surface area contributed by atoms with Gasteiger partial charge in [-0.3, -0.25) is 0 Å². The summed E-state index contributed by atoms with van der Waals surface area (Å²) >= 11 is 0. The fraction of sp³-hybridized carbons (Fsp3) is 0.364. The van der Waals surface area contributed by atoms with Crippen LogP contribution in [0.5, 0.6) is 0 Å². The highest BCUT2D eigenvalue weighted by molar-refractivity contribution is 5.85. The maximum atomic E-state index is 11.3. The van der Waals surface area contributed by atoms with Gasteiger partial charge in [0.25, 0.3) is 0 Å². The van der Waals surface area contributed by atoms with E-state index in [1.807, 2.05) is 24.3 Å². The third-order valence-electron chi connectivity index (χ3n) is 2.58. The Balaban J connectivity index is 0.00000128. The Morgan fingerprint density at radius 1 is 1.25 bits per heavy atom. The molecule has 0 aliphatic carbocycles. The molecule has 1 heterocycles. The minimum absolute atomic E-state index is 0. The summed E-state index contributed by atoms with van der Waals surface area (Å²) in [6, 6.07) is 8.08. The normalized spacial score (nSPS) is 14.6. The Morgan fingerprint density at radius 3 is 2.38 bits per heavy atom. The van der Waals surface area contributed by atoms with Crippen molar-refractivity contribution in [2.24, 2.45) is 5.73 Å². The van der Waals surface area contributed by atoms with Gasteiger partial charge in [0.1, 0.15) is 0 Å². The summed E-state index contributed by atoms with van der Waals surface area (Å²) < 4.78 is 0. The van der Waals surface area contributed by atoms with E-state index in [0.717, 1.165) is 24.2 Å². The van der Waals surface area contributed by atoms with Gasteiger partial charge in [0, 0.05) is 26.2 Å². The van der Waals surface area contributed by atoms with Crippen molar-refractivity contribution in [2.45, 2.75) is 13.1 Å². The molecule has 0 radical (unpaired) electrons. The first-order valence-electron chi connectivity index (χ1n) is 5.10. The second-order valence-corrected chi connectivity index (χ2v) is 3.67. The van der Waals surface area contributed by atoms with Gasteiger partial charge in [0.05, 0.1) is 0 Å². The molecular weight excluding hydrogens is 226 g/mol. The first-order valence-corrected chi connectivity index (χ1v) is 5.10. The SMILES string of the molecule is Cl.NCc1ccc(CN2CCNC2=O)cc1. The fourth-order valence-corrected chi connectivity index (χ4v) is 1.66. The van der Waals surface area contributed by atoms with Gasteiger partial charge in [0.15, 0.2) is 0 Å². The lowest BCUT2D eigenvalue weighted by atomic mass is 10.1. The predicted molar refractivity (Wildman–Crippen MR) is 65.4 cm³/mol. The molecular formula is C11H16ClN3O. The molecule has 1 aliphatic rings. The number of halogens is 1. The highest BCUT2D eigenvalue weighted by Crippen LogP contribution is 2.09. The number of nitrogens with zero attached hydrogens (tertiary/aromatic N) is 1. The van der Waals surface area contributed by atoms with Gasteiger partial charge in [-0.05, 0) is 11.1 Å². The summed E-state index contributed by atoms with van der Waals surface area (Å²) in [5.74, 6) is 0. The van der Waals surface area contributed by atoms with E-state index in [0.29, 0.717) is 13.1 Å². The second-order valence-electron chi connectivity index (χ2n) is 3.67. The summed E-state index contributed by atoms with van der Waals surface area (Å²) in [5.41, 5.74) is 7.77. The number of benzene rings is 1. The van der Waals surface area contributed by atoms with Crippen LogP contribution in [0.4, 0.5) is 4.79 Å². The van der Waals surface area contributed by atoms with Crippen LogP contribution in [-0.4, -0.2) is 24.0 Å². The first-order chi connectivity index (χ1) is 7.29. The molecule has 2 rings (SSSR count). The topological polar surface area (TPSA) is 58.4 Å². The van der Waals surface area contributed by atoms with E-state index in [1.54, 1.807) is 4.90 Å². The van der Waals surface area contributed by atoms with E-state index in [-0.39, 0.29) is 18.4 Å². The lowest BCUT2D eigenvalue weighted by Crippen LogP contribution is -2.27. The standard InChI is InChI=1S/C11H15N3O.ClH/c12-7-9-1-3-10(4-2-9)8-14-6-5-13-11(14)15;/h1-4H,5-8,12H2,(H,13,15);1H. The number of nitrogens with one attached hydrogen (secondary N) is 1. The van der Waals surface area contributed by atoms with E-state index in [1.165, 1.54) is 0 Å². The Bertz CT molecular complexity index is 353. The highest BCUT2D eigenvalue weighted by Gasteiger charge is 2.18. The van der Waals surface area contributed by atoms with Crippen molar-refractivity contribution < 1.29 is 4.79 Å². The Hall–Kier alpha value is -1.26. The van der Waals surface area contributed by atoms with Crippen LogP contribution in [-0.2, 0) is 13.1 Å². The molecule has 1 aromatic rings. The van der Waals surface area contributed by atoms with Gasteiger partial charge in [-0.1, -0.05) is 24.3 Å². The van der Waals surface area contributed by atoms with Crippen LogP contribution < -0.4 is 11.1 Å². The lowest BCUT2D eigenvalue weighted by molar-refractivity contribution is 0.215. The number of carbonyl (C=O) groups excluding carboxylic acids is 1. The maximum Gasteiger partial charge on any atom is 0.317 e. The van der Waals surface area contributed by atoms with Crippen LogP contribution in [0.15, 0.2) is 24.3 Å². The summed E-state index contributed by atoms with van der Waals surface area (Å²) in [7, 11) is 0. The molecule has 1 aliphatic heterocycles. The Kier molecular flexibility index (Phi) is 4.58. The van der Waals surface area contributed by atoms with Crippen LogP contribution in [0.2, 0.25) is 0 Å². The highest BCUT2D eigenvalue weighted by atomic mass is 35.5. The molecule has 0 bridgehead atoms. The van der Waals surface area contributed by atoms with E-state index in [9.17, 15) is 4.79 Å². The molecule has 0 spiro atoms. The monoisotopic (exact) mass is 241 g/mol. The Morgan fingerprint density at radius 2 is 1.88 bits per heavy atom. The second kappa shape index (κ2) is 5.72. The lowest BCUT2D eigenvalue weighted by Gasteiger charge is -2.14. The molecule has 3 N–H and O–H groups in total. The molecule has 5 heteroatoms. The van der Waals surface area contributed by atoms with E-state index in [4.69, 9.17) is 5.73 Å². The predicted octanol–water partition coefficient (Wildman–Crippen LogP) is 1.09. The van der Waals surface area contributed by atoms with Crippen molar-refractivity contribution in [1.29, 1.82) is 0 Å². The number of hydrogen-bond donors (Lipinski definition) is 2. The minimum atomic E-state index is 0. The van der Waals surface area contributed by atoms with Crippen molar-refractivity contribution >= 4 is 18.4 Å². The number of amides is 2. The van der Waals surface area contributed by atoms with E-state index in [2.05, 4.69) is 5.32 Å². The van der Waals surface area contributed by atoms with Crippen LogP contribution >= 0.6 is 12.4 Å². The van der Waals surface area contributed by atoms with Crippen LogP contribution in [0.3, 0.4) is 0 Å². The molecule has 0 aromatic heterocycles. The maximum absolute atomic E-state index is 11.3. The van der Waals surface area contributed by atoms with Gasteiger partial charge in [0.2, 0.25) is 0 Å². The third kappa shape index (κ3) is 2.87. The summed E-state index contributed by atoms with van der Waals surface area (Å²) in [5, 5.41) is 2.78. The van der Waals surface area contributed by atoms with Crippen molar-refractivity contribution in [3.05, 3.63) is 35.4 Å². The van der Waals surface area contributed by atoms with Crippen molar-refractivity contribution in [3.8, 4) is 0 Å². The minimum Gasteiger partial charge on any atom is -0.336 e. The first kappa shape index (κ1) is 12.8. The van der Waals surface area contributed by atoms with Crippen LogP contribution in [0.1, 0.15) is 11.1 Å². The van der Waals surface area contributed by atoms with Crippen molar-refractivity contribution in [1.82, 2.24) is 10.2 Å². The quantitative estimate of drug-likeness (QED) is 0.833. The van der Waals surface area contributed by atoms with Crippen LogP contribution in [0, 0.1) is 0 Å². The summed E-state index contributed by atoms with van der Waals surface area (Å²) in [6.07, 6.45) is 0. The molecule has 1 fully saturated rings. The molecule has 16 heavy (non-hydrogen) atoms. The van der Waals surface area contributed by atoms with Gasteiger partial charge in [-0.2, -0.15) is 0 Å². The van der Waals surface area contributed by atoms with Gasteiger partial charge in [-0.15, -0.1) is 12.4 Å². The fourth-order valence-electron chi connectivity index (χ4n) is 1.66. The number of carbonyl (C=O) groups is 1. The molecule has 0 saturated carbocycles. The molecule has 4 nitrogen and oxygen atoms in total. The summed E-state index contributed by atoms with van der Waals surface area (Å²) in [4.78, 5) is 13.1. The molecule has 88 valence electrons.